The number of imidazole rings is 1. The second-order valence-electron chi connectivity index (χ2n) is 9.17. The van der Waals surface area contributed by atoms with Crippen molar-refractivity contribution in [2.45, 2.75) is 45.4 Å². The predicted octanol–water partition coefficient (Wildman–Crippen LogP) is 6.16. The average Bonchev–Trinajstić information content (AvgIpc) is 3.31. The van der Waals surface area contributed by atoms with Crippen LogP contribution in [0.5, 0.6) is 5.75 Å². The molecule has 2 aromatic heterocycles. The fraction of sp³-hybridized carbons (Fsp3) is 0.310. The molecular formula is C29H29F3N4O2. The van der Waals surface area contributed by atoms with Crippen molar-refractivity contribution in [2.24, 2.45) is 0 Å². The molecule has 9 heteroatoms. The molecule has 1 aliphatic heterocycles. The van der Waals surface area contributed by atoms with E-state index >= 15 is 0 Å². The van der Waals surface area contributed by atoms with E-state index in [2.05, 4.69) is 19.9 Å². The van der Waals surface area contributed by atoms with E-state index in [0.717, 1.165) is 47.1 Å². The molecule has 1 aliphatic rings. The Morgan fingerprint density at radius 2 is 1.84 bits per heavy atom. The number of aryl methyl sites for hydroxylation is 1. The number of piperidine rings is 1. The number of alkyl halides is 3. The van der Waals surface area contributed by atoms with Gasteiger partial charge in [0, 0.05) is 35.6 Å². The van der Waals surface area contributed by atoms with Gasteiger partial charge in [0.2, 0.25) is 0 Å². The molecule has 198 valence electrons. The van der Waals surface area contributed by atoms with Gasteiger partial charge in [-0.2, -0.15) is 0 Å². The minimum atomic E-state index is -4.72. The number of rotatable bonds is 6. The number of fused-ring (bicyclic) bond motifs is 1. The van der Waals surface area contributed by atoms with Gasteiger partial charge >= 0.3 is 6.36 Å². The molecule has 0 aliphatic carbocycles. The fourth-order valence-corrected chi connectivity index (χ4v) is 4.75. The summed E-state index contributed by atoms with van der Waals surface area (Å²) >= 11 is 0. The Labute approximate surface area is 227 Å². The third-order valence-electron chi connectivity index (χ3n) is 6.62. The van der Waals surface area contributed by atoms with Crippen molar-refractivity contribution >= 4 is 17.2 Å². The highest BCUT2D eigenvalue weighted by Crippen LogP contribution is 2.32. The Morgan fingerprint density at radius 1 is 1.13 bits per heavy atom. The minimum absolute atomic E-state index is 0.0639. The Bertz CT molecular complexity index is 1680. The first-order chi connectivity index (χ1) is 20.6. The molecule has 4 aromatic rings. The Kier molecular flexibility index (Phi) is 5.23. The highest BCUT2D eigenvalue weighted by molar-refractivity contribution is 5.94. The van der Waals surface area contributed by atoms with Gasteiger partial charge in [0.15, 0.2) is 0 Å². The van der Waals surface area contributed by atoms with Gasteiger partial charge in [-0.15, -0.1) is 13.2 Å². The normalized spacial score (nSPS) is 17.2. The maximum atomic E-state index is 13.2. The average molecular weight is 529 g/mol. The summed E-state index contributed by atoms with van der Waals surface area (Å²) in [4.78, 5) is 19.6. The van der Waals surface area contributed by atoms with Crippen LogP contribution in [-0.2, 0) is 6.54 Å². The van der Waals surface area contributed by atoms with E-state index in [4.69, 9.17) is 8.22 Å². The third kappa shape index (κ3) is 5.77. The summed E-state index contributed by atoms with van der Waals surface area (Å²) in [6.45, 7) is 0.379. The molecule has 1 N–H and O–H groups in total. The van der Waals surface area contributed by atoms with Gasteiger partial charge in [-0.3, -0.25) is 9.20 Å². The number of aromatic nitrogens is 2. The molecule has 0 bridgehead atoms. The number of nitrogens with zero attached hydrogens (tertiary/aromatic N) is 3. The van der Waals surface area contributed by atoms with Gasteiger partial charge in [-0.25, -0.2) is 4.98 Å². The number of anilines is 1. The number of amides is 1. The number of carbonyl (C=O) groups is 1. The van der Waals surface area contributed by atoms with Crippen LogP contribution in [-0.4, -0.2) is 34.7 Å². The second kappa shape index (κ2) is 10.4. The fourth-order valence-electron chi connectivity index (χ4n) is 4.75. The molecule has 1 amide bonds. The molecule has 38 heavy (non-hydrogen) atoms. The van der Waals surface area contributed by atoms with E-state index in [1.807, 2.05) is 24.3 Å². The van der Waals surface area contributed by atoms with Crippen LogP contribution < -0.4 is 15.0 Å². The summed E-state index contributed by atoms with van der Waals surface area (Å²) in [7, 11) is 0. The smallest absolute Gasteiger partial charge is 0.406 e. The monoisotopic (exact) mass is 528 g/mol. The van der Waals surface area contributed by atoms with E-state index in [0.29, 0.717) is 0 Å². The van der Waals surface area contributed by atoms with Gasteiger partial charge in [0.05, 0.1) is 9.81 Å². The summed E-state index contributed by atoms with van der Waals surface area (Å²) in [5.74, 6) is -0.610. The predicted molar refractivity (Wildman–Crippen MR) is 140 cm³/mol. The molecule has 0 saturated carbocycles. The number of pyridine rings is 1. The molecule has 6 nitrogen and oxygen atoms in total. The number of hydrogen-bond donors (Lipinski definition) is 1. The van der Waals surface area contributed by atoms with Gasteiger partial charge in [-0.05, 0) is 79.5 Å². The Hall–Kier alpha value is -4.01. The SMILES string of the molecule is [2H]c1c(C([2H])([2H])[2H])c([2H])n2c(C(=O)NCc3ccc(N4CCC(c5ccc(OC(F)(F)F)cc5)CC4)cc3)c(C)nc2c1[2H]. The van der Waals surface area contributed by atoms with Crippen LogP contribution in [0.2, 0.25) is 0 Å². The maximum absolute atomic E-state index is 13.2. The van der Waals surface area contributed by atoms with Gasteiger partial charge in [0.1, 0.15) is 17.1 Å². The highest BCUT2D eigenvalue weighted by atomic mass is 19.4. The van der Waals surface area contributed by atoms with E-state index < -0.39 is 42.9 Å². The van der Waals surface area contributed by atoms with E-state index in [9.17, 15) is 18.0 Å². The van der Waals surface area contributed by atoms with Crippen molar-refractivity contribution in [1.29, 1.82) is 0 Å². The topological polar surface area (TPSA) is 58.9 Å². The maximum Gasteiger partial charge on any atom is 0.573 e. The lowest BCUT2D eigenvalue weighted by molar-refractivity contribution is -0.274. The summed E-state index contributed by atoms with van der Waals surface area (Å²) in [5.41, 5.74) is 2.16. The molecule has 0 spiro atoms. The van der Waals surface area contributed by atoms with Crippen LogP contribution in [0.4, 0.5) is 18.9 Å². The lowest BCUT2D eigenvalue weighted by atomic mass is 9.89. The first kappa shape index (κ1) is 19.1. The zero-order valence-electron chi connectivity index (χ0n) is 26.5. The number of carbonyl (C=O) groups excluding carboxylic acids is 1. The van der Waals surface area contributed by atoms with Crippen molar-refractivity contribution in [3.05, 3.63) is 94.9 Å². The van der Waals surface area contributed by atoms with Crippen LogP contribution in [0, 0.1) is 13.8 Å². The van der Waals surface area contributed by atoms with Gasteiger partial charge in [-0.1, -0.05) is 30.3 Å². The number of hydrogen-bond acceptors (Lipinski definition) is 4. The number of nitrogens with one attached hydrogen (secondary N) is 1. The summed E-state index contributed by atoms with van der Waals surface area (Å²) in [6.07, 6.45) is -3.63. The number of benzene rings is 2. The first-order valence-electron chi connectivity index (χ1n) is 15.1. The molecule has 3 heterocycles. The van der Waals surface area contributed by atoms with Gasteiger partial charge in [0.25, 0.3) is 5.91 Å². The second-order valence-corrected chi connectivity index (χ2v) is 9.17. The molecule has 1 fully saturated rings. The minimum Gasteiger partial charge on any atom is -0.406 e. The van der Waals surface area contributed by atoms with E-state index in [1.165, 1.54) is 19.1 Å². The summed E-state index contributed by atoms with van der Waals surface area (Å²) in [6, 6.07) is 12.6. The van der Waals surface area contributed by atoms with E-state index in [-0.39, 0.29) is 35.2 Å². The van der Waals surface area contributed by atoms with Crippen LogP contribution in [0.15, 0.2) is 66.8 Å². The Balaban J connectivity index is 1.22. The van der Waals surface area contributed by atoms with Crippen LogP contribution in [0.1, 0.15) is 59.9 Å². The summed E-state index contributed by atoms with van der Waals surface area (Å²) in [5, 5.41) is 2.78. The molecule has 1 saturated heterocycles. The standard InChI is InChI=1S/C29H29F3N4O2/c1-19-3-12-26-34-20(2)27(36(26)18-19)28(37)33-17-21-4-8-24(9-5-21)35-15-13-23(14-16-35)22-6-10-25(11-7-22)38-29(30,31)32/h3-12,18,23H,13-17H2,1-2H3,(H,33,37)/i1D3,3D,12D,18D. The Morgan fingerprint density at radius 3 is 2.50 bits per heavy atom. The van der Waals surface area contributed by atoms with E-state index in [1.54, 1.807) is 12.1 Å². The van der Waals surface area contributed by atoms with Crippen molar-refractivity contribution in [3.8, 4) is 5.75 Å². The molecule has 0 unspecified atom stereocenters. The molecular weight excluding hydrogens is 493 g/mol. The lowest BCUT2D eigenvalue weighted by Gasteiger charge is -2.34. The number of halogens is 3. The van der Waals surface area contributed by atoms with Gasteiger partial charge < -0.3 is 15.0 Å². The third-order valence-corrected chi connectivity index (χ3v) is 6.62. The van der Waals surface area contributed by atoms with Crippen molar-refractivity contribution in [1.82, 2.24) is 14.7 Å². The molecule has 2 aromatic carbocycles. The van der Waals surface area contributed by atoms with Crippen LogP contribution >= 0.6 is 0 Å². The highest BCUT2D eigenvalue weighted by Gasteiger charge is 2.31. The lowest BCUT2D eigenvalue weighted by Crippen LogP contribution is -2.32. The first-order valence-corrected chi connectivity index (χ1v) is 12.1. The van der Waals surface area contributed by atoms with Crippen molar-refractivity contribution in [2.75, 3.05) is 18.0 Å². The van der Waals surface area contributed by atoms with Crippen molar-refractivity contribution in [3.63, 3.8) is 0 Å². The zero-order valence-corrected chi connectivity index (χ0v) is 20.5. The van der Waals surface area contributed by atoms with Crippen molar-refractivity contribution < 1.29 is 30.9 Å². The molecule has 0 radical (unpaired) electrons. The van der Waals surface area contributed by atoms with Crippen LogP contribution in [0.3, 0.4) is 0 Å². The summed E-state index contributed by atoms with van der Waals surface area (Å²) < 4.78 is 90.1. The molecule has 5 rings (SSSR count). The van der Waals surface area contributed by atoms with Crippen LogP contribution in [0.25, 0.3) is 5.65 Å². The quantitative estimate of drug-likeness (QED) is 0.326. The zero-order chi connectivity index (χ0) is 32.0. The number of ether oxygens (including phenoxy) is 1. The largest absolute Gasteiger partial charge is 0.573 e. The molecule has 0 atom stereocenters.